The summed E-state index contributed by atoms with van der Waals surface area (Å²) in [6, 6.07) is 7.37. The van der Waals surface area contributed by atoms with Gasteiger partial charge in [0.2, 0.25) is 0 Å². The summed E-state index contributed by atoms with van der Waals surface area (Å²) < 4.78 is 1.73. The second kappa shape index (κ2) is 3.81. The third-order valence-electron chi connectivity index (χ3n) is 2.53. The van der Waals surface area contributed by atoms with E-state index in [0.717, 1.165) is 11.4 Å². The first kappa shape index (κ1) is 10.4. The maximum absolute atomic E-state index is 11.3. The number of hydrogen-bond donors (Lipinski definition) is 1. The first-order valence-electron chi connectivity index (χ1n) is 5.01. The summed E-state index contributed by atoms with van der Waals surface area (Å²) in [7, 11) is 0. The van der Waals surface area contributed by atoms with Crippen molar-refractivity contribution < 1.29 is 4.79 Å². The highest BCUT2D eigenvalue weighted by Crippen LogP contribution is 2.15. The van der Waals surface area contributed by atoms with E-state index in [0.29, 0.717) is 11.3 Å². The Morgan fingerprint density at radius 1 is 1.31 bits per heavy atom. The number of nitrogens with zero attached hydrogens (tertiary/aromatic N) is 2. The van der Waals surface area contributed by atoms with Crippen LogP contribution in [0.1, 0.15) is 23.0 Å². The summed E-state index contributed by atoms with van der Waals surface area (Å²) >= 11 is 0. The van der Waals surface area contributed by atoms with Crippen molar-refractivity contribution in [2.75, 3.05) is 5.73 Å². The highest BCUT2D eigenvalue weighted by atomic mass is 16.1. The molecule has 1 aromatic carbocycles. The predicted octanol–water partition coefficient (Wildman–Crippen LogP) is 1.97. The average molecular weight is 215 g/mol. The zero-order valence-corrected chi connectivity index (χ0v) is 9.27. The molecule has 0 saturated heterocycles. The molecule has 0 radical (unpaired) electrons. The molecule has 2 aromatic rings. The van der Waals surface area contributed by atoms with E-state index in [2.05, 4.69) is 5.10 Å². The van der Waals surface area contributed by atoms with Gasteiger partial charge in [0.15, 0.2) is 5.78 Å². The van der Waals surface area contributed by atoms with Crippen molar-refractivity contribution in [1.29, 1.82) is 0 Å². The van der Waals surface area contributed by atoms with Crippen molar-refractivity contribution in [1.82, 2.24) is 9.78 Å². The van der Waals surface area contributed by atoms with Crippen molar-refractivity contribution in [2.45, 2.75) is 13.8 Å². The minimum absolute atomic E-state index is 0.0270. The molecule has 0 bridgehead atoms. The lowest BCUT2D eigenvalue weighted by molar-refractivity contribution is 0.101. The second-order valence-corrected chi connectivity index (χ2v) is 3.70. The lowest BCUT2D eigenvalue weighted by atomic mass is 10.2. The van der Waals surface area contributed by atoms with Crippen LogP contribution in [0.15, 0.2) is 30.5 Å². The second-order valence-electron chi connectivity index (χ2n) is 3.70. The molecule has 2 rings (SSSR count). The molecule has 0 aliphatic carbocycles. The summed E-state index contributed by atoms with van der Waals surface area (Å²) in [5.41, 5.74) is 8.72. The molecule has 0 spiro atoms. The van der Waals surface area contributed by atoms with Gasteiger partial charge in [-0.2, -0.15) is 5.10 Å². The fourth-order valence-electron chi connectivity index (χ4n) is 1.63. The lowest BCUT2D eigenvalue weighted by Gasteiger charge is -2.04. The molecule has 0 aliphatic rings. The summed E-state index contributed by atoms with van der Waals surface area (Å²) in [5.74, 6) is 0.0270. The Hall–Kier alpha value is -2.10. The molecule has 0 fully saturated rings. The molecule has 1 aromatic heterocycles. The molecule has 2 N–H and O–H groups in total. The van der Waals surface area contributed by atoms with Crippen LogP contribution < -0.4 is 5.73 Å². The average Bonchev–Trinajstić information content (AvgIpc) is 2.61. The molecule has 0 atom stereocenters. The third kappa shape index (κ3) is 1.69. The first-order chi connectivity index (χ1) is 7.59. The zero-order chi connectivity index (χ0) is 11.7. The van der Waals surface area contributed by atoms with Gasteiger partial charge in [-0.1, -0.05) is 0 Å². The predicted molar refractivity (Wildman–Crippen MR) is 62.7 cm³/mol. The Balaban J connectivity index is 2.49. The number of carbonyl (C=O) groups is 1. The summed E-state index contributed by atoms with van der Waals surface area (Å²) in [4.78, 5) is 11.3. The standard InChI is InChI=1S/C12H13N3O/c1-8-12(9(2)16)7-14-15(8)11-5-3-10(13)4-6-11/h3-7H,13H2,1-2H3. The van der Waals surface area contributed by atoms with Crippen LogP contribution in [0.5, 0.6) is 0 Å². The van der Waals surface area contributed by atoms with E-state index in [1.807, 2.05) is 31.2 Å². The molecule has 4 heteroatoms. The van der Waals surface area contributed by atoms with Gasteiger partial charge < -0.3 is 5.73 Å². The molecule has 0 unspecified atom stereocenters. The van der Waals surface area contributed by atoms with Gasteiger partial charge in [-0.25, -0.2) is 4.68 Å². The van der Waals surface area contributed by atoms with Crippen LogP contribution in [0.25, 0.3) is 5.69 Å². The number of benzene rings is 1. The number of nitrogen functional groups attached to an aromatic ring is 1. The number of ketones is 1. The molecule has 4 nitrogen and oxygen atoms in total. The molecule has 82 valence electrons. The topological polar surface area (TPSA) is 60.9 Å². The van der Waals surface area contributed by atoms with Crippen LogP contribution in [0.4, 0.5) is 5.69 Å². The van der Waals surface area contributed by atoms with Crippen molar-refractivity contribution in [2.24, 2.45) is 0 Å². The molecular weight excluding hydrogens is 202 g/mol. The van der Waals surface area contributed by atoms with E-state index < -0.39 is 0 Å². The summed E-state index contributed by atoms with van der Waals surface area (Å²) in [6.07, 6.45) is 1.59. The fourth-order valence-corrected chi connectivity index (χ4v) is 1.63. The van der Waals surface area contributed by atoms with Crippen molar-refractivity contribution >= 4 is 11.5 Å². The van der Waals surface area contributed by atoms with Crippen LogP contribution in [-0.2, 0) is 0 Å². The maximum atomic E-state index is 11.3. The van der Waals surface area contributed by atoms with Gasteiger partial charge in [0.05, 0.1) is 23.1 Å². The number of rotatable bonds is 2. The van der Waals surface area contributed by atoms with E-state index >= 15 is 0 Å². The monoisotopic (exact) mass is 215 g/mol. The van der Waals surface area contributed by atoms with E-state index in [1.165, 1.54) is 6.92 Å². The van der Waals surface area contributed by atoms with Crippen molar-refractivity contribution in [3.8, 4) is 5.69 Å². The van der Waals surface area contributed by atoms with Crippen LogP contribution in [0.3, 0.4) is 0 Å². The van der Waals surface area contributed by atoms with E-state index in [-0.39, 0.29) is 5.78 Å². The van der Waals surface area contributed by atoms with Gasteiger partial charge in [0, 0.05) is 5.69 Å². The summed E-state index contributed by atoms with van der Waals surface area (Å²) in [5, 5.41) is 4.19. The lowest BCUT2D eigenvalue weighted by Crippen LogP contribution is -2.01. The number of Topliss-reactive ketones (excluding diaryl/α,β-unsaturated/α-hetero) is 1. The molecule has 16 heavy (non-hydrogen) atoms. The van der Waals surface area contributed by atoms with Crippen molar-refractivity contribution in [3.63, 3.8) is 0 Å². The van der Waals surface area contributed by atoms with E-state index in [4.69, 9.17) is 5.73 Å². The number of nitrogens with two attached hydrogens (primary N) is 1. The Morgan fingerprint density at radius 3 is 2.44 bits per heavy atom. The molecule has 0 aliphatic heterocycles. The normalized spacial score (nSPS) is 10.4. The van der Waals surface area contributed by atoms with Gasteiger partial charge in [0.25, 0.3) is 0 Å². The van der Waals surface area contributed by atoms with Gasteiger partial charge >= 0.3 is 0 Å². The molecule has 0 saturated carbocycles. The largest absolute Gasteiger partial charge is 0.399 e. The smallest absolute Gasteiger partial charge is 0.163 e. The van der Waals surface area contributed by atoms with Gasteiger partial charge in [0.1, 0.15) is 0 Å². The Morgan fingerprint density at radius 2 is 1.94 bits per heavy atom. The van der Waals surface area contributed by atoms with Crippen LogP contribution in [0, 0.1) is 6.92 Å². The Kier molecular flexibility index (Phi) is 2.48. The SMILES string of the molecule is CC(=O)c1cnn(-c2ccc(N)cc2)c1C. The fraction of sp³-hybridized carbons (Fsp3) is 0.167. The molecule has 1 heterocycles. The number of aromatic nitrogens is 2. The minimum atomic E-state index is 0.0270. The third-order valence-corrected chi connectivity index (χ3v) is 2.53. The van der Waals surface area contributed by atoms with Crippen molar-refractivity contribution in [3.05, 3.63) is 41.7 Å². The molecule has 0 amide bonds. The highest BCUT2D eigenvalue weighted by Gasteiger charge is 2.10. The van der Waals surface area contributed by atoms with Gasteiger partial charge in [-0.3, -0.25) is 4.79 Å². The summed E-state index contributed by atoms with van der Waals surface area (Å²) in [6.45, 7) is 3.41. The van der Waals surface area contributed by atoms with Gasteiger partial charge in [-0.05, 0) is 38.1 Å². The highest BCUT2D eigenvalue weighted by molar-refractivity contribution is 5.95. The van der Waals surface area contributed by atoms with E-state index in [9.17, 15) is 4.79 Å². The van der Waals surface area contributed by atoms with Crippen LogP contribution in [0.2, 0.25) is 0 Å². The van der Waals surface area contributed by atoms with Crippen LogP contribution in [-0.4, -0.2) is 15.6 Å². The van der Waals surface area contributed by atoms with E-state index in [1.54, 1.807) is 10.9 Å². The first-order valence-corrected chi connectivity index (χ1v) is 5.01. The number of anilines is 1. The number of hydrogen-bond acceptors (Lipinski definition) is 3. The zero-order valence-electron chi connectivity index (χ0n) is 9.27. The number of carbonyl (C=O) groups excluding carboxylic acids is 1. The van der Waals surface area contributed by atoms with Crippen LogP contribution >= 0.6 is 0 Å². The maximum Gasteiger partial charge on any atom is 0.163 e. The quantitative estimate of drug-likeness (QED) is 0.615. The Bertz CT molecular complexity index is 526. The Labute approximate surface area is 93.7 Å². The minimum Gasteiger partial charge on any atom is -0.399 e. The van der Waals surface area contributed by atoms with Gasteiger partial charge in [-0.15, -0.1) is 0 Å². The molecular formula is C12H13N3O.